The fourth-order valence-corrected chi connectivity index (χ4v) is 5.82. The number of hydrogen-bond donors (Lipinski definition) is 0. The molecule has 1 aliphatic carbocycles. The van der Waals surface area contributed by atoms with Crippen molar-refractivity contribution >= 4 is 28.3 Å². The Balaban J connectivity index is 1.43. The predicted octanol–water partition coefficient (Wildman–Crippen LogP) is 5.41. The molecule has 2 aromatic carbocycles. The number of benzene rings is 2. The van der Waals surface area contributed by atoms with E-state index >= 15 is 0 Å². The van der Waals surface area contributed by atoms with Gasteiger partial charge in [-0.3, -0.25) is 14.5 Å². The highest BCUT2D eigenvalue weighted by molar-refractivity contribution is 5.91. The number of rotatable bonds is 7. The Morgan fingerprint density at radius 3 is 2.22 bits per heavy atom. The Morgan fingerprint density at radius 2 is 1.63 bits per heavy atom. The van der Waals surface area contributed by atoms with E-state index in [1.165, 1.54) is 34.9 Å². The molecule has 2 aliphatic rings. The van der Waals surface area contributed by atoms with Crippen LogP contribution in [0.15, 0.2) is 71.5 Å². The average molecular weight is 554 g/mol. The molecule has 7 nitrogen and oxygen atoms in total. The third kappa shape index (κ3) is 5.35. The smallest absolute Gasteiger partial charge is 0.270 e. The maximum absolute atomic E-state index is 13.9. The monoisotopic (exact) mass is 553 g/mol. The lowest BCUT2D eigenvalue weighted by molar-refractivity contribution is -0.125. The van der Waals surface area contributed by atoms with Gasteiger partial charge in [0, 0.05) is 39.2 Å². The minimum Gasteiger partial charge on any atom is -0.364 e. The summed E-state index contributed by atoms with van der Waals surface area (Å²) in [6, 6.07) is 16.3. The number of pyridine rings is 2. The number of Topliss-reactive ketones (excluding diaryl/α,β-unsaturated/α-hetero) is 1. The van der Waals surface area contributed by atoms with Crippen molar-refractivity contribution in [2.45, 2.75) is 31.3 Å². The zero-order valence-electron chi connectivity index (χ0n) is 22.6. The number of aryl methyl sites for hydroxylation is 1. The normalized spacial score (nSPS) is 17.6. The Kier molecular flexibility index (Phi) is 7.10. The molecule has 1 saturated heterocycles. The number of carbonyl (C=O) groups is 1. The number of ketones is 1. The fourth-order valence-electron chi connectivity index (χ4n) is 5.82. The van der Waals surface area contributed by atoms with Crippen LogP contribution in [0.3, 0.4) is 0 Å². The van der Waals surface area contributed by atoms with Crippen LogP contribution in [0.4, 0.5) is 20.3 Å². The number of halogens is 2. The van der Waals surface area contributed by atoms with Crippen LogP contribution in [-0.2, 0) is 11.8 Å². The number of nitrogens with zero attached hydrogens (tertiary/aromatic N) is 5. The summed E-state index contributed by atoms with van der Waals surface area (Å²) in [4.78, 5) is 39.0. The van der Waals surface area contributed by atoms with Crippen LogP contribution in [0.25, 0.3) is 15.9 Å². The summed E-state index contributed by atoms with van der Waals surface area (Å²) < 4.78 is 29.3. The van der Waals surface area contributed by atoms with Crippen molar-refractivity contribution in [1.82, 2.24) is 14.5 Å². The summed E-state index contributed by atoms with van der Waals surface area (Å²) >= 11 is 0. The van der Waals surface area contributed by atoms with Gasteiger partial charge in [-0.1, -0.05) is 30.8 Å². The molecule has 1 saturated carbocycles. The molecular weight excluding hydrogens is 524 g/mol. The molecule has 0 N–H and O–H groups in total. The second-order valence-corrected chi connectivity index (χ2v) is 10.9. The SMILES string of the molecule is [C-]#[N+]c1ccc2c(n1)c(N1CCN(C(c3ccc(F)cc3)c3ccc(F)cc3)C(C(=O)CC3CC3)C1)cc(=O)n2C. The third-order valence-electron chi connectivity index (χ3n) is 8.19. The predicted molar refractivity (Wildman–Crippen MR) is 153 cm³/mol. The lowest BCUT2D eigenvalue weighted by Crippen LogP contribution is -2.57. The second kappa shape index (κ2) is 10.9. The molecule has 1 unspecified atom stereocenters. The average Bonchev–Trinajstić information content (AvgIpc) is 3.81. The first-order valence-electron chi connectivity index (χ1n) is 13.7. The summed E-state index contributed by atoms with van der Waals surface area (Å²) in [6.07, 6.45) is 2.53. The van der Waals surface area contributed by atoms with Crippen LogP contribution < -0.4 is 10.5 Å². The molecule has 6 rings (SSSR count). The molecule has 1 atom stereocenters. The highest BCUT2D eigenvalue weighted by Gasteiger charge is 2.40. The number of anilines is 1. The van der Waals surface area contributed by atoms with E-state index in [9.17, 15) is 18.4 Å². The van der Waals surface area contributed by atoms with Crippen LogP contribution in [0.5, 0.6) is 0 Å². The van der Waals surface area contributed by atoms with Crippen LogP contribution >= 0.6 is 0 Å². The van der Waals surface area contributed by atoms with Gasteiger partial charge >= 0.3 is 0 Å². The first-order chi connectivity index (χ1) is 19.8. The third-order valence-corrected chi connectivity index (χ3v) is 8.19. The minimum atomic E-state index is -0.535. The molecule has 3 heterocycles. The molecule has 208 valence electrons. The number of aromatic nitrogens is 2. The molecule has 0 amide bonds. The number of carbonyl (C=O) groups excluding carboxylic acids is 1. The second-order valence-electron chi connectivity index (χ2n) is 10.9. The van der Waals surface area contributed by atoms with Crippen molar-refractivity contribution in [3.8, 4) is 0 Å². The van der Waals surface area contributed by atoms with Crippen LogP contribution in [0, 0.1) is 24.1 Å². The Bertz CT molecular complexity index is 1660. The van der Waals surface area contributed by atoms with E-state index in [4.69, 9.17) is 6.57 Å². The first kappa shape index (κ1) is 26.8. The van der Waals surface area contributed by atoms with Gasteiger partial charge in [0.15, 0.2) is 5.78 Å². The molecule has 9 heteroatoms. The molecular formula is C32H29F2N5O2. The Morgan fingerprint density at radius 1 is 1.00 bits per heavy atom. The summed E-state index contributed by atoms with van der Waals surface area (Å²) in [5.41, 5.74) is 3.15. The van der Waals surface area contributed by atoms with Gasteiger partial charge in [0.2, 0.25) is 5.52 Å². The fraction of sp³-hybridized carbons (Fsp3) is 0.312. The molecule has 0 bridgehead atoms. The summed E-state index contributed by atoms with van der Waals surface area (Å²) in [7, 11) is 1.67. The Hall–Kier alpha value is -4.42. The van der Waals surface area contributed by atoms with Crippen molar-refractivity contribution in [2.24, 2.45) is 13.0 Å². The molecule has 0 spiro atoms. The van der Waals surface area contributed by atoms with Gasteiger partial charge in [0.25, 0.3) is 11.4 Å². The van der Waals surface area contributed by atoms with E-state index in [-0.39, 0.29) is 28.8 Å². The molecule has 1 aliphatic heterocycles. The van der Waals surface area contributed by atoms with E-state index in [2.05, 4.69) is 14.7 Å². The van der Waals surface area contributed by atoms with Gasteiger partial charge in [0.1, 0.15) is 11.6 Å². The zero-order valence-corrected chi connectivity index (χ0v) is 22.6. The topological polar surface area (TPSA) is 62.8 Å². The van der Waals surface area contributed by atoms with Gasteiger partial charge in [-0.05, 0) is 66.3 Å². The number of hydrogen-bond acceptors (Lipinski definition) is 5. The quantitative estimate of drug-likeness (QED) is 0.287. The van der Waals surface area contributed by atoms with Crippen molar-refractivity contribution in [3.63, 3.8) is 0 Å². The van der Waals surface area contributed by atoms with E-state index in [1.54, 1.807) is 43.4 Å². The summed E-state index contributed by atoms with van der Waals surface area (Å²) in [5.74, 6) is -0.00906. The van der Waals surface area contributed by atoms with Gasteiger partial charge < -0.3 is 14.3 Å². The van der Waals surface area contributed by atoms with Crippen LogP contribution in [0.1, 0.15) is 36.4 Å². The molecule has 41 heavy (non-hydrogen) atoms. The van der Waals surface area contributed by atoms with Crippen LogP contribution in [0.2, 0.25) is 0 Å². The van der Waals surface area contributed by atoms with Gasteiger partial charge in [-0.2, -0.15) is 0 Å². The first-order valence-corrected chi connectivity index (χ1v) is 13.7. The zero-order chi connectivity index (χ0) is 28.7. The van der Waals surface area contributed by atoms with E-state index in [0.717, 1.165) is 24.0 Å². The van der Waals surface area contributed by atoms with Crippen molar-refractivity contribution < 1.29 is 13.6 Å². The van der Waals surface area contributed by atoms with E-state index < -0.39 is 12.1 Å². The maximum Gasteiger partial charge on any atom is 0.270 e. The highest BCUT2D eigenvalue weighted by atomic mass is 19.1. The van der Waals surface area contributed by atoms with Gasteiger partial charge in [0.05, 0.1) is 23.3 Å². The van der Waals surface area contributed by atoms with Crippen molar-refractivity contribution in [3.05, 3.63) is 111 Å². The number of fused-ring (bicyclic) bond motifs is 1. The van der Waals surface area contributed by atoms with Gasteiger partial charge in [-0.25, -0.2) is 8.78 Å². The van der Waals surface area contributed by atoms with Gasteiger partial charge in [-0.15, -0.1) is 4.98 Å². The van der Waals surface area contributed by atoms with Crippen molar-refractivity contribution in [2.75, 3.05) is 24.5 Å². The van der Waals surface area contributed by atoms with E-state index in [0.29, 0.717) is 48.7 Å². The Labute approximate surface area is 236 Å². The molecule has 2 fully saturated rings. The maximum atomic E-state index is 13.9. The van der Waals surface area contributed by atoms with Crippen molar-refractivity contribution in [1.29, 1.82) is 0 Å². The standard InChI is InChI=1S/C32H29F2N5O2/c1-35-29-14-13-25-31(36-29)26(18-30(41)37(25)2)38-15-16-39(27(19-38)28(40)17-20-3-4-20)32(21-5-9-23(33)10-6-21)22-7-11-24(34)12-8-22/h5-14,18,20,27,32H,3-4,15-17,19H2,2H3. The molecule has 4 aromatic rings. The lowest BCUT2D eigenvalue weighted by Gasteiger charge is -2.45. The summed E-state index contributed by atoms with van der Waals surface area (Å²) in [6.45, 7) is 8.69. The minimum absolute atomic E-state index is 0.106. The molecule has 0 radical (unpaired) electrons. The summed E-state index contributed by atoms with van der Waals surface area (Å²) in [5, 5.41) is 0. The highest BCUT2D eigenvalue weighted by Crippen LogP contribution is 2.38. The molecule has 2 aromatic heterocycles. The van der Waals surface area contributed by atoms with E-state index in [1.807, 2.05) is 4.90 Å². The largest absolute Gasteiger partial charge is 0.364 e. The lowest BCUT2D eigenvalue weighted by atomic mass is 9.92. The van der Waals surface area contributed by atoms with Crippen LogP contribution in [-0.4, -0.2) is 45.9 Å². The number of piperazine rings is 1.